The number of likely N-dealkylation sites (N-methyl/N-ethyl adjacent to an activating group) is 1. The van der Waals surface area contributed by atoms with Gasteiger partial charge in [-0.2, -0.15) is 0 Å². The summed E-state index contributed by atoms with van der Waals surface area (Å²) >= 11 is 0. The number of rotatable bonds is 14. The first-order valence-corrected chi connectivity index (χ1v) is 8.31. The number of aliphatic hydroxyl groups excluding tert-OH is 1. The fourth-order valence-electron chi connectivity index (χ4n) is 1.59. The van der Waals surface area contributed by atoms with Gasteiger partial charge in [0.15, 0.2) is 0 Å². The molecule has 128 valence electrons. The summed E-state index contributed by atoms with van der Waals surface area (Å²) in [6.45, 7) is 3.60. The van der Waals surface area contributed by atoms with Crippen LogP contribution in [0.3, 0.4) is 0 Å². The van der Waals surface area contributed by atoms with Crippen molar-refractivity contribution in [3.8, 4) is 0 Å². The zero-order chi connectivity index (χ0) is 16.1. The van der Waals surface area contributed by atoms with E-state index in [0.717, 1.165) is 12.8 Å². The number of ether oxygens (including phenoxy) is 2. The lowest BCUT2D eigenvalue weighted by Crippen LogP contribution is -2.31. The van der Waals surface area contributed by atoms with Crippen molar-refractivity contribution >= 4 is 8.60 Å². The second-order valence-electron chi connectivity index (χ2n) is 4.98. The van der Waals surface area contributed by atoms with Crippen LogP contribution in [0, 0.1) is 0 Å². The number of nitrogens with zero attached hydrogens (tertiary/aromatic N) is 1. The van der Waals surface area contributed by atoms with Crippen LogP contribution in [-0.2, 0) is 18.5 Å². The quantitative estimate of drug-likeness (QED) is 0.461. The molecule has 0 heterocycles. The van der Waals surface area contributed by atoms with E-state index < -0.39 is 8.60 Å². The minimum atomic E-state index is -1.92. The van der Waals surface area contributed by atoms with Crippen LogP contribution in [0.5, 0.6) is 0 Å². The molecule has 0 aromatic rings. The molecule has 2 N–H and O–H groups in total. The van der Waals surface area contributed by atoms with Gasteiger partial charge in [0, 0.05) is 13.7 Å². The monoisotopic (exact) mass is 327 g/mol. The molecule has 3 unspecified atom stereocenters. The second kappa shape index (κ2) is 13.8. The first kappa shape index (κ1) is 21.1. The summed E-state index contributed by atoms with van der Waals surface area (Å²) in [6.07, 6.45) is 1.11. The van der Waals surface area contributed by atoms with Gasteiger partial charge in [0.1, 0.15) is 6.10 Å². The van der Waals surface area contributed by atoms with E-state index in [1.54, 1.807) is 7.11 Å². The van der Waals surface area contributed by atoms with Gasteiger partial charge < -0.3 is 33.4 Å². The zero-order valence-corrected chi connectivity index (χ0v) is 14.4. The van der Waals surface area contributed by atoms with Crippen molar-refractivity contribution in [2.75, 3.05) is 54.2 Å². The van der Waals surface area contributed by atoms with Gasteiger partial charge >= 0.3 is 8.60 Å². The molecule has 0 saturated heterocycles. The Bertz CT molecular complexity index is 235. The van der Waals surface area contributed by atoms with E-state index in [-0.39, 0.29) is 25.4 Å². The van der Waals surface area contributed by atoms with Crippen LogP contribution in [0.4, 0.5) is 0 Å². The van der Waals surface area contributed by atoms with Crippen molar-refractivity contribution < 1.29 is 28.5 Å². The van der Waals surface area contributed by atoms with Gasteiger partial charge in [-0.3, -0.25) is 0 Å². The third-order valence-electron chi connectivity index (χ3n) is 2.66. The predicted octanol–water partition coefficient (Wildman–Crippen LogP) is 0.993. The molecule has 0 amide bonds. The van der Waals surface area contributed by atoms with Crippen LogP contribution in [-0.4, -0.2) is 81.3 Å². The Morgan fingerprint density at radius 3 is 2.38 bits per heavy atom. The largest absolute Gasteiger partial charge is 0.394 e. The summed E-state index contributed by atoms with van der Waals surface area (Å²) in [7, 11) is 3.50. The lowest BCUT2D eigenvalue weighted by molar-refractivity contribution is -0.0861. The van der Waals surface area contributed by atoms with Crippen LogP contribution in [0.2, 0.25) is 0 Å². The standard InChI is InChI=1S/C13H30NO6P/c1-5-6-12(9-15)20-13(10-17-4)11-19-21(16)18-8-7-14(2)3/h12-13,15-16H,5-11H2,1-4H3. The summed E-state index contributed by atoms with van der Waals surface area (Å²) in [5.41, 5.74) is 0. The molecule has 0 aliphatic carbocycles. The van der Waals surface area contributed by atoms with Gasteiger partial charge in [-0.05, 0) is 20.5 Å². The Morgan fingerprint density at radius 1 is 1.14 bits per heavy atom. The third kappa shape index (κ3) is 12.4. The molecule has 0 aliphatic rings. The van der Waals surface area contributed by atoms with E-state index in [1.165, 1.54) is 0 Å². The highest BCUT2D eigenvalue weighted by Gasteiger charge is 2.18. The first-order valence-electron chi connectivity index (χ1n) is 7.18. The maximum absolute atomic E-state index is 9.63. The van der Waals surface area contributed by atoms with Crippen molar-refractivity contribution in [3.63, 3.8) is 0 Å². The predicted molar refractivity (Wildman–Crippen MR) is 82.1 cm³/mol. The fourth-order valence-corrected chi connectivity index (χ4v) is 2.20. The molecule has 0 saturated carbocycles. The SMILES string of the molecule is CCCC(CO)OC(COC)COP(O)OCCN(C)C. The molecular formula is C13H30NO6P. The topological polar surface area (TPSA) is 80.6 Å². The van der Waals surface area contributed by atoms with Gasteiger partial charge in [0.05, 0.1) is 32.5 Å². The maximum Gasteiger partial charge on any atom is 0.329 e. The van der Waals surface area contributed by atoms with E-state index in [2.05, 4.69) is 0 Å². The minimum absolute atomic E-state index is 0.0404. The third-order valence-corrected chi connectivity index (χ3v) is 3.44. The maximum atomic E-state index is 9.63. The van der Waals surface area contributed by atoms with Crippen LogP contribution in [0.1, 0.15) is 19.8 Å². The highest BCUT2D eigenvalue weighted by atomic mass is 31.2. The highest BCUT2D eigenvalue weighted by Crippen LogP contribution is 2.32. The van der Waals surface area contributed by atoms with E-state index in [9.17, 15) is 10.00 Å². The Morgan fingerprint density at radius 2 is 1.86 bits per heavy atom. The average Bonchev–Trinajstić information content (AvgIpc) is 2.43. The number of methoxy groups -OCH3 is 1. The van der Waals surface area contributed by atoms with Gasteiger partial charge in [-0.25, -0.2) is 0 Å². The highest BCUT2D eigenvalue weighted by molar-refractivity contribution is 7.40. The van der Waals surface area contributed by atoms with E-state index >= 15 is 0 Å². The lowest BCUT2D eigenvalue weighted by Gasteiger charge is -2.23. The molecule has 7 nitrogen and oxygen atoms in total. The molecule has 0 aliphatic heterocycles. The van der Waals surface area contributed by atoms with Crippen molar-refractivity contribution in [1.29, 1.82) is 0 Å². The van der Waals surface area contributed by atoms with Gasteiger partial charge in [0.2, 0.25) is 0 Å². The molecule has 0 spiro atoms. The van der Waals surface area contributed by atoms with E-state index in [0.29, 0.717) is 19.8 Å². The average molecular weight is 327 g/mol. The Hall–Kier alpha value is 0.150. The second-order valence-corrected chi connectivity index (χ2v) is 5.97. The molecule has 0 aromatic heterocycles. The lowest BCUT2D eigenvalue weighted by atomic mass is 10.2. The molecule has 0 bridgehead atoms. The summed E-state index contributed by atoms with van der Waals surface area (Å²) in [4.78, 5) is 11.6. The Balaban J connectivity index is 4.01. The normalized spacial score (nSPS) is 16.1. The smallest absolute Gasteiger partial charge is 0.329 e. The van der Waals surface area contributed by atoms with E-state index in [1.807, 2.05) is 25.9 Å². The fraction of sp³-hybridized carbons (Fsp3) is 1.00. The van der Waals surface area contributed by atoms with Crippen LogP contribution < -0.4 is 0 Å². The van der Waals surface area contributed by atoms with Crippen LogP contribution >= 0.6 is 8.60 Å². The molecule has 21 heavy (non-hydrogen) atoms. The molecule has 8 heteroatoms. The Kier molecular flexibility index (Phi) is 13.9. The van der Waals surface area contributed by atoms with Gasteiger partial charge in [0.25, 0.3) is 0 Å². The van der Waals surface area contributed by atoms with E-state index in [4.69, 9.17) is 18.5 Å². The Labute approximate surface area is 129 Å². The number of hydrogen-bond donors (Lipinski definition) is 2. The minimum Gasteiger partial charge on any atom is -0.394 e. The molecule has 0 aromatic carbocycles. The van der Waals surface area contributed by atoms with Crippen LogP contribution in [0.15, 0.2) is 0 Å². The summed E-state index contributed by atoms with van der Waals surface area (Å²) in [6, 6.07) is 0. The molecule has 0 rings (SSSR count). The molecular weight excluding hydrogens is 297 g/mol. The van der Waals surface area contributed by atoms with Crippen LogP contribution in [0.25, 0.3) is 0 Å². The number of aliphatic hydroxyl groups is 1. The summed E-state index contributed by atoms with van der Waals surface area (Å²) in [5.74, 6) is 0. The van der Waals surface area contributed by atoms with Crippen molar-refractivity contribution in [1.82, 2.24) is 4.90 Å². The van der Waals surface area contributed by atoms with Gasteiger partial charge in [-0.15, -0.1) is 0 Å². The van der Waals surface area contributed by atoms with Gasteiger partial charge in [-0.1, -0.05) is 13.3 Å². The molecule has 3 atom stereocenters. The molecule has 0 radical (unpaired) electrons. The summed E-state index contributed by atoms with van der Waals surface area (Å²) < 4.78 is 21.2. The van der Waals surface area contributed by atoms with Crippen molar-refractivity contribution in [3.05, 3.63) is 0 Å². The first-order chi connectivity index (χ1) is 10.0. The summed E-state index contributed by atoms with van der Waals surface area (Å²) in [5, 5.41) is 9.24. The van der Waals surface area contributed by atoms with Crippen molar-refractivity contribution in [2.45, 2.75) is 32.0 Å². The zero-order valence-electron chi connectivity index (χ0n) is 13.5. The number of hydrogen-bond acceptors (Lipinski definition) is 7. The molecule has 0 fully saturated rings. The van der Waals surface area contributed by atoms with Crippen molar-refractivity contribution in [2.24, 2.45) is 0 Å².